The summed E-state index contributed by atoms with van der Waals surface area (Å²) in [6.45, 7) is 0. The molecule has 0 spiro atoms. The van der Waals surface area contributed by atoms with Gasteiger partial charge in [-0.25, -0.2) is 0 Å². The largest absolute Gasteiger partial charge is 0.359 e. The van der Waals surface area contributed by atoms with E-state index in [2.05, 4.69) is 29.8 Å². The predicted octanol–water partition coefficient (Wildman–Crippen LogP) is -5.51. The molecule has 4 aromatic rings. The highest BCUT2D eigenvalue weighted by molar-refractivity contribution is 6.08. The molecule has 0 fully saturated rings. The van der Waals surface area contributed by atoms with Gasteiger partial charge in [-0.1, -0.05) is 0 Å². The third-order valence-corrected chi connectivity index (χ3v) is 4.89. The summed E-state index contributed by atoms with van der Waals surface area (Å²) in [7, 11) is 0. The number of hydrogen-bond acceptors (Lipinski definition) is 13. The highest BCUT2D eigenvalue weighted by atomic mass is 16.8. The van der Waals surface area contributed by atoms with Crippen LogP contribution in [-0.4, -0.2) is 57.1 Å². The number of Topliss-reactive ketones (excluding diaryl/α,β-unsaturated/α-hetero) is 2. The predicted molar refractivity (Wildman–Crippen MR) is 75.0 cm³/mol. The number of hydrogen-bond donors (Lipinski definition) is 5. The molecule has 0 radical (unpaired) electrons. The number of aromatic nitrogens is 8. The maximum atomic E-state index is 12.7. The van der Waals surface area contributed by atoms with Crippen LogP contribution >= 0.6 is 0 Å². The number of nitrogens with one attached hydrogen (secondary N) is 1. The molecule has 6 rings (SSSR count). The van der Waals surface area contributed by atoms with Gasteiger partial charge in [0, 0.05) is 14.9 Å². The van der Waals surface area contributed by atoms with Crippen LogP contribution in [0.1, 0.15) is 32.4 Å². The quantitative estimate of drug-likeness (QED) is 0.101. The van der Waals surface area contributed by atoms with Gasteiger partial charge in [0.25, 0.3) is 40.0 Å². The molecule has 152 valence electrons. The molecule has 0 aliphatic heterocycles. The Morgan fingerprint density at radius 1 is 0.900 bits per heavy atom. The van der Waals surface area contributed by atoms with Gasteiger partial charge in [-0.2, -0.15) is 5.10 Å². The highest BCUT2D eigenvalue weighted by Crippen LogP contribution is 2.38. The van der Waals surface area contributed by atoms with Gasteiger partial charge in [0.05, 0.1) is 5.10 Å². The van der Waals surface area contributed by atoms with E-state index in [0.717, 1.165) is 0 Å². The molecule has 2 aliphatic carbocycles. The number of aromatic amines is 1. The van der Waals surface area contributed by atoms with E-state index in [0.29, 0.717) is 9.26 Å². The zero-order valence-corrected chi connectivity index (χ0v) is 13.9. The van der Waals surface area contributed by atoms with E-state index in [1.807, 2.05) is 0 Å². The Labute approximate surface area is 159 Å². The minimum absolute atomic E-state index is 0.224. The van der Waals surface area contributed by atoms with Crippen molar-refractivity contribution in [3.8, 4) is 22.8 Å². The first-order valence-corrected chi connectivity index (χ1v) is 7.84. The van der Waals surface area contributed by atoms with Gasteiger partial charge in [0.1, 0.15) is 0 Å². The summed E-state index contributed by atoms with van der Waals surface area (Å²) in [6, 6.07) is 0. The fraction of sp³-hybridized carbons (Fsp3) is 0.167. The first-order valence-electron chi connectivity index (χ1n) is 7.84. The second-order valence-electron chi connectivity index (χ2n) is 6.49. The molecule has 0 atom stereocenters. The Bertz CT molecular complexity index is 1360. The van der Waals surface area contributed by atoms with E-state index in [1.165, 1.54) is 0 Å². The lowest BCUT2D eigenvalue weighted by Crippen LogP contribution is -2.47. The summed E-state index contributed by atoms with van der Waals surface area (Å²) < 4.78 is 9.94. The maximum Gasteiger partial charge on any atom is 0.311 e. The summed E-state index contributed by atoms with van der Waals surface area (Å²) in [6.07, 6.45) is 0. The molecule has 2 aliphatic rings. The van der Waals surface area contributed by atoms with Crippen molar-refractivity contribution in [2.24, 2.45) is 0 Å². The molecule has 0 bridgehead atoms. The van der Waals surface area contributed by atoms with Crippen molar-refractivity contribution in [3.05, 3.63) is 33.2 Å². The normalized spacial score (nSPS) is 18.3. The minimum atomic E-state index is -3.29. The zero-order chi connectivity index (χ0) is 21.3. The first-order chi connectivity index (χ1) is 14.1. The van der Waals surface area contributed by atoms with Crippen LogP contribution in [0, 0.1) is 10.4 Å². The smallest absolute Gasteiger partial charge is 0.311 e. The molecule has 0 unspecified atom stereocenters. The maximum absolute atomic E-state index is 12.7. The number of fused-ring (bicyclic) bond motifs is 9. The van der Waals surface area contributed by atoms with Crippen LogP contribution in [-0.2, 0) is 11.6 Å². The average molecular weight is 421 g/mol. The molecule has 4 heterocycles. The SMILES string of the molecule is O=C1c2c(nn3c4c([nH][n+]23)-c2c(no[n+]2[O-])C(O)(O)C4=O)-c2c(no[n+]2[O-])C1(O)O. The Balaban J connectivity index is 1.76. The van der Waals surface area contributed by atoms with Crippen molar-refractivity contribution in [2.45, 2.75) is 11.6 Å². The lowest BCUT2D eigenvalue weighted by atomic mass is 9.94. The van der Waals surface area contributed by atoms with E-state index < -0.39 is 63.0 Å². The van der Waals surface area contributed by atoms with Gasteiger partial charge >= 0.3 is 17.3 Å². The molecule has 4 aromatic heterocycles. The summed E-state index contributed by atoms with van der Waals surface area (Å²) in [5.41, 5.74) is -5.02. The monoisotopic (exact) mass is 421 g/mol. The lowest BCUT2D eigenvalue weighted by Gasteiger charge is -2.17. The Hall–Kier alpha value is -4.26. The van der Waals surface area contributed by atoms with Crippen LogP contribution in [0.2, 0.25) is 0 Å². The molecule has 18 nitrogen and oxygen atoms in total. The standard InChI is InChI=1S/C12H4N8O10/c21-9-5-1(3-7(11(9,23)24)15-29-19(3)27)13-18-6-2(14-17(5)18)4-8(16-30-20(4)28)12(25,26)10(6)22/h23-26H/p+1. The number of carbonyl (C=O) groups is 2. The molecule has 30 heavy (non-hydrogen) atoms. The molecular formula is C12H5N8O10+. The second kappa shape index (κ2) is 4.49. The van der Waals surface area contributed by atoms with Gasteiger partial charge in [0.15, 0.2) is 5.69 Å². The number of carbonyl (C=O) groups excluding carboxylic acids is 2. The minimum Gasteiger partial charge on any atom is -0.359 e. The van der Waals surface area contributed by atoms with E-state index >= 15 is 0 Å². The average Bonchev–Trinajstić information content (AvgIpc) is 3.39. The summed E-state index contributed by atoms with van der Waals surface area (Å²) in [5, 5.41) is 77.2. The summed E-state index contributed by atoms with van der Waals surface area (Å²) >= 11 is 0. The summed E-state index contributed by atoms with van der Waals surface area (Å²) in [5.74, 6) is -9.40. The molecule has 5 N–H and O–H groups in total. The molecule has 0 aromatic carbocycles. The van der Waals surface area contributed by atoms with Gasteiger partial charge in [-0.15, -0.1) is 0 Å². The number of rotatable bonds is 0. The highest BCUT2D eigenvalue weighted by Gasteiger charge is 2.62. The van der Waals surface area contributed by atoms with E-state index in [9.17, 15) is 40.4 Å². The van der Waals surface area contributed by atoms with E-state index in [1.54, 1.807) is 0 Å². The van der Waals surface area contributed by atoms with E-state index in [4.69, 9.17) is 0 Å². The van der Waals surface area contributed by atoms with Crippen molar-refractivity contribution < 1.29 is 53.7 Å². The molecule has 0 saturated heterocycles. The molecule has 0 saturated carbocycles. The van der Waals surface area contributed by atoms with Crippen molar-refractivity contribution in [3.63, 3.8) is 0 Å². The van der Waals surface area contributed by atoms with Crippen molar-refractivity contribution >= 4 is 11.6 Å². The first kappa shape index (κ1) is 16.7. The van der Waals surface area contributed by atoms with Crippen LogP contribution in [0.25, 0.3) is 22.8 Å². The third-order valence-electron chi connectivity index (χ3n) is 4.89. The number of H-pyrrole nitrogens is 1. The lowest BCUT2D eigenvalue weighted by molar-refractivity contribution is -0.794. The van der Waals surface area contributed by atoms with Crippen molar-refractivity contribution in [1.29, 1.82) is 0 Å². The van der Waals surface area contributed by atoms with Crippen LogP contribution < -0.4 is 14.4 Å². The van der Waals surface area contributed by atoms with E-state index in [-0.39, 0.29) is 15.5 Å². The van der Waals surface area contributed by atoms with Crippen LogP contribution in [0.15, 0.2) is 9.26 Å². The third kappa shape index (κ3) is 1.52. The van der Waals surface area contributed by atoms with Crippen LogP contribution in [0.5, 0.6) is 0 Å². The number of ketones is 2. The topological polar surface area (TPSA) is 258 Å². The van der Waals surface area contributed by atoms with Gasteiger partial charge in [-0.3, -0.25) is 18.8 Å². The molecule has 18 heteroatoms. The molecular weight excluding hydrogens is 416 g/mol. The van der Waals surface area contributed by atoms with Gasteiger partial charge in [-0.05, 0) is 14.4 Å². The number of nitrogens with zero attached hydrogens (tertiary/aromatic N) is 7. The van der Waals surface area contributed by atoms with Gasteiger partial charge in [0.2, 0.25) is 5.69 Å². The van der Waals surface area contributed by atoms with Crippen molar-refractivity contribution in [1.82, 2.24) is 25.1 Å². The Morgan fingerprint density at radius 3 is 2.13 bits per heavy atom. The Kier molecular flexibility index (Phi) is 2.49. The van der Waals surface area contributed by atoms with Crippen molar-refractivity contribution in [2.75, 3.05) is 0 Å². The fourth-order valence-electron chi connectivity index (χ4n) is 3.53. The summed E-state index contributed by atoms with van der Waals surface area (Å²) in [4.78, 5) is 24.9. The zero-order valence-electron chi connectivity index (χ0n) is 13.9. The van der Waals surface area contributed by atoms with Crippen LogP contribution in [0.4, 0.5) is 0 Å². The van der Waals surface area contributed by atoms with Crippen LogP contribution in [0.3, 0.4) is 0 Å². The number of aliphatic hydroxyl groups is 4. The Morgan fingerprint density at radius 2 is 1.47 bits per heavy atom. The molecule has 0 amide bonds. The second-order valence-corrected chi connectivity index (χ2v) is 6.49. The van der Waals surface area contributed by atoms with Gasteiger partial charge < -0.3 is 30.8 Å². The fourth-order valence-corrected chi connectivity index (χ4v) is 3.53.